The van der Waals surface area contributed by atoms with E-state index in [1.807, 2.05) is 18.2 Å². The summed E-state index contributed by atoms with van der Waals surface area (Å²) in [5, 5.41) is 11.7. The molecule has 2 nitrogen and oxygen atoms in total. The van der Waals surface area contributed by atoms with Crippen molar-refractivity contribution in [2.45, 2.75) is 0 Å². The second-order valence-electron chi connectivity index (χ2n) is 11.6. The van der Waals surface area contributed by atoms with Crippen molar-refractivity contribution in [3.63, 3.8) is 0 Å². The number of hydrogen-bond donors (Lipinski definition) is 0. The molecule has 44 heavy (non-hydrogen) atoms. The largest absolute Gasteiger partial charge is 0.456 e. The van der Waals surface area contributed by atoms with Crippen LogP contribution in [0.4, 0.5) is 0 Å². The fourth-order valence-corrected chi connectivity index (χ4v) is 7.44. The summed E-state index contributed by atoms with van der Waals surface area (Å²) in [7, 11) is 0. The number of benzene rings is 8. The summed E-state index contributed by atoms with van der Waals surface area (Å²) in [5.41, 5.74) is 8.21. The standard InChI is InChI=1S/C42H24O2/c1-2-14-26-25(12-1)13-11-21-27(26)38-28-15-3-5-17-30(28)39(31-18-6-4-16-29(31)38)34-24-37-40(32-19-7-9-22-35(32)43-37)41-33-20-8-10-23-36(33)44-42(34)41/h1-24H. The lowest BCUT2D eigenvalue weighted by Crippen LogP contribution is -1.92. The van der Waals surface area contributed by atoms with Crippen LogP contribution in [0.1, 0.15) is 0 Å². The van der Waals surface area contributed by atoms with Crippen molar-refractivity contribution < 1.29 is 8.83 Å². The predicted octanol–water partition coefficient (Wildman–Crippen LogP) is 12.3. The second kappa shape index (κ2) is 8.82. The zero-order valence-corrected chi connectivity index (χ0v) is 23.7. The summed E-state index contributed by atoms with van der Waals surface area (Å²) in [6.45, 7) is 0. The highest BCUT2D eigenvalue weighted by Crippen LogP contribution is 2.50. The number of furan rings is 2. The maximum Gasteiger partial charge on any atom is 0.144 e. The number of rotatable bonds is 2. The van der Waals surface area contributed by atoms with Gasteiger partial charge in [-0.3, -0.25) is 0 Å². The van der Waals surface area contributed by atoms with Gasteiger partial charge in [0.1, 0.15) is 22.3 Å². The fraction of sp³-hybridized carbons (Fsp3) is 0. The Morgan fingerprint density at radius 1 is 0.318 bits per heavy atom. The SMILES string of the molecule is c1ccc2c(-c3c4ccccc4c(-c4cc5oc6ccccc6c5c5c4oc4ccccc45)c4ccccc34)cccc2c1. The van der Waals surface area contributed by atoms with E-state index in [1.165, 1.54) is 43.4 Å². The molecule has 0 aliphatic carbocycles. The third-order valence-electron chi connectivity index (χ3n) is 9.25. The minimum absolute atomic E-state index is 0.867. The molecule has 10 rings (SSSR count). The van der Waals surface area contributed by atoms with Gasteiger partial charge in [0.05, 0.1) is 0 Å². The van der Waals surface area contributed by atoms with Crippen molar-refractivity contribution in [2.24, 2.45) is 0 Å². The Labute approximate surface area is 252 Å². The highest BCUT2D eigenvalue weighted by molar-refractivity contribution is 6.31. The quantitative estimate of drug-likeness (QED) is 0.197. The van der Waals surface area contributed by atoms with Crippen LogP contribution in [0, 0.1) is 0 Å². The third kappa shape index (κ3) is 3.14. The Morgan fingerprint density at radius 2 is 0.795 bits per heavy atom. The number of para-hydroxylation sites is 2. The Kier molecular flexibility index (Phi) is 4.75. The summed E-state index contributed by atoms with van der Waals surface area (Å²) >= 11 is 0. The maximum atomic E-state index is 6.79. The molecular formula is C42H24O2. The molecule has 10 aromatic rings. The summed E-state index contributed by atoms with van der Waals surface area (Å²) in [5.74, 6) is 0. The molecule has 0 unspecified atom stereocenters. The summed E-state index contributed by atoms with van der Waals surface area (Å²) < 4.78 is 13.4. The Morgan fingerprint density at radius 3 is 1.45 bits per heavy atom. The highest BCUT2D eigenvalue weighted by Gasteiger charge is 2.24. The summed E-state index contributed by atoms with van der Waals surface area (Å²) in [4.78, 5) is 0. The first-order valence-corrected chi connectivity index (χ1v) is 15.0. The molecule has 0 spiro atoms. The van der Waals surface area contributed by atoms with E-state index in [4.69, 9.17) is 8.83 Å². The normalized spacial score (nSPS) is 12.1. The molecule has 8 aromatic carbocycles. The van der Waals surface area contributed by atoms with E-state index in [0.717, 1.165) is 55.0 Å². The molecule has 2 heterocycles. The Bertz CT molecular complexity index is 2710. The topological polar surface area (TPSA) is 26.3 Å². The van der Waals surface area contributed by atoms with Gasteiger partial charge in [0.15, 0.2) is 0 Å². The lowest BCUT2D eigenvalue weighted by molar-refractivity contribution is 0.664. The average Bonchev–Trinajstić information content (AvgIpc) is 3.65. The van der Waals surface area contributed by atoms with Crippen LogP contribution < -0.4 is 0 Å². The van der Waals surface area contributed by atoms with Crippen molar-refractivity contribution in [1.82, 2.24) is 0 Å². The van der Waals surface area contributed by atoms with E-state index in [-0.39, 0.29) is 0 Å². The lowest BCUT2D eigenvalue weighted by atomic mass is 9.84. The van der Waals surface area contributed by atoms with Gasteiger partial charge in [0.2, 0.25) is 0 Å². The Hall–Kier alpha value is -5.86. The van der Waals surface area contributed by atoms with Crippen LogP contribution in [0.15, 0.2) is 154 Å². The molecular weight excluding hydrogens is 536 g/mol. The smallest absolute Gasteiger partial charge is 0.144 e. The number of fused-ring (bicyclic) bond motifs is 10. The summed E-state index contributed by atoms with van der Waals surface area (Å²) in [6.07, 6.45) is 0. The predicted molar refractivity (Wildman–Crippen MR) is 184 cm³/mol. The van der Waals surface area contributed by atoms with E-state index < -0.39 is 0 Å². The first-order valence-electron chi connectivity index (χ1n) is 15.0. The van der Waals surface area contributed by atoms with E-state index >= 15 is 0 Å². The van der Waals surface area contributed by atoms with E-state index in [0.29, 0.717) is 0 Å². The molecule has 2 aromatic heterocycles. The van der Waals surface area contributed by atoms with Gasteiger partial charge < -0.3 is 8.83 Å². The van der Waals surface area contributed by atoms with Crippen LogP contribution in [0.5, 0.6) is 0 Å². The maximum absolute atomic E-state index is 6.79. The second-order valence-corrected chi connectivity index (χ2v) is 11.6. The van der Waals surface area contributed by atoms with Gasteiger partial charge in [0.25, 0.3) is 0 Å². The first-order chi connectivity index (χ1) is 21.8. The van der Waals surface area contributed by atoms with Crippen LogP contribution in [0.25, 0.3) is 98.4 Å². The highest BCUT2D eigenvalue weighted by atomic mass is 16.3. The minimum Gasteiger partial charge on any atom is -0.456 e. The van der Waals surface area contributed by atoms with E-state index in [2.05, 4.69) is 127 Å². The van der Waals surface area contributed by atoms with Gasteiger partial charge in [-0.15, -0.1) is 0 Å². The van der Waals surface area contributed by atoms with E-state index in [9.17, 15) is 0 Å². The van der Waals surface area contributed by atoms with Gasteiger partial charge in [-0.2, -0.15) is 0 Å². The molecule has 0 saturated carbocycles. The van der Waals surface area contributed by atoms with Crippen molar-refractivity contribution in [2.75, 3.05) is 0 Å². The molecule has 2 heteroatoms. The average molecular weight is 561 g/mol. The monoisotopic (exact) mass is 560 g/mol. The van der Waals surface area contributed by atoms with Gasteiger partial charge in [-0.1, -0.05) is 127 Å². The molecule has 0 fully saturated rings. The van der Waals surface area contributed by atoms with Crippen LogP contribution in [-0.4, -0.2) is 0 Å². The zero-order chi connectivity index (χ0) is 28.8. The minimum atomic E-state index is 0.867. The Balaban J connectivity index is 1.43. The molecule has 0 amide bonds. The van der Waals surface area contributed by atoms with Gasteiger partial charge in [-0.05, 0) is 61.6 Å². The molecule has 0 saturated heterocycles. The lowest BCUT2D eigenvalue weighted by Gasteiger charge is -2.19. The van der Waals surface area contributed by atoms with Gasteiger partial charge in [0, 0.05) is 32.7 Å². The van der Waals surface area contributed by atoms with Crippen LogP contribution in [0.2, 0.25) is 0 Å². The van der Waals surface area contributed by atoms with Crippen LogP contribution in [0.3, 0.4) is 0 Å². The molecule has 0 N–H and O–H groups in total. The molecule has 0 aliphatic heterocycles. The molecule has 0 atom stereocenters. The van der Waals surface area contributed by atoms with E-state index in [1.54, 1.807) is 0 Å². The summed E-state index contributed by atoms with van der Waals surface area (Å²) in [6, 6.07) is 51.7. The van der Waals surface area contributed by atoms with Crippen LogP contribution >= 0.6 is 0 Å². The van der Waals surface area contributed by atoms with Crippen molar-refractivity contribution in [3.05, 3.63) is 146 Å². The molecule has 0 radical (unpaired) electrons. The van der Waals surface area contributed by atoms with Crippen molar-refractivity contribution in [1.29, 1.82) is 0 Å². The van der Waals surface area contributed by atoms with Crippen LogP contribution in [-0.2, 0) is 0 Å². The molecule has 0 bridgehead atoms. The molecule has 0 aliphatic rings. The molecule has 204 valence electrons. The first kappa shape index (κ1) is 23.7. The van der Waals surface area contributed by atoms with Crippen molar-refractivity contribution >= 4 is 76.2 Å². The van der Waals surface area contributed by atoms with Gasteiger partial charge >= 0.3 is 0 Å². The number of hydrogen-bond acceptors (Lipinski definition) is 2. The third-order valence-corrected chi connectivity index (χ3v) is 9.25. The van der Waals surface area contributed by atoms with Gasteiger partial charge in [-0.25, -0.2) is 0 Å². The fourth-order valence-electron chi connectivity index (χ4n) is 7.44. The van der Waals surface area contributed by atoms with Crippen molar-refractivity contribution in [3.8, 4) is 22.3 Å². The zero-order valence-electron chi connectivity index (χ0n) is 23.7.